The molecule has 0 saturated carbocycles. The lowest BCUT2D eigenvalue weighted by Crippen LogP contribution is -2.02. The Morgan fingerprint density at radius 3 is 2.38 bits per heavy atom. The van der Waals surface area contributed by atoms with Gasteiger partial charge in [0.1, 0.15) is 0 Å². The van der Waals surface area contributed by atoms with Crippen LogP contribution < -0.4 is 5.32 Å². The van der Waals surface area contributed by atoms with Gasteiger partial charge in [0.25, 0.3) is 0 Å². The third-order valence-corrected chi connectivity index (χ3v) is 1.75. The molecule has 1 aromatic carbocycles. The quantitative estimate of drug-likeness (QED) is 0.710. The standard InChI is InChI=1S/C11H13NO/c1-9(13)11(8-12-2)10-6-4-3-5-7-10/h3-8,12H,1-2H3/b11-8-. The van der Waals surface area contributed by atoms with Crippen molar-refractivity contribution >= 4 is 11.4 Å². The summed E-state index contributed by atoms with van der Waals surface area (Å²) in [6.07, 6.45) is 1.72. The highest BCUT2D eigenvalue weighted by Gasteiger charge is 2.04. The van der Waals surface area contributed by atoms with Gasteiger partial charge < -0.3 is 5.32 Å². The van der Waals surface area contributed by atoms with Crippen molar-refractivity contribution in [3.05, 3.63) is 42.1 Å². The third-order valence-electron chi connectivity index (χ3n) is 1.75. The van der Waals surface area contributed by atoms with Crippen molar-refractivity contribution in [2.24, 2.45) is 0 Å². The second-order valence-corrected chi connectivity index (χ2v) is 2.77. The molecule has 2 heteroatoms. The molecule has 2 nitrogen and oxygen atoms in total. The van der Waals surface area contributed by atoms with Crippen LogP contribution in [-0.4, -0.2) is 12.8 Å². The number of hydrogen-bond donors (Lipinski definition) is 1. The maximum absolute atomic E-state index is 11.2. The van der Waals surface area contributed by atoms with E-state index in [2.05, 4.69) is 5.32 Å². The second kappa shape index (κ2) is 4.45. The first kappa shape index (κ1) is 9.52. The van der Waals surface area contributed by atoms with Crippen molar-refractivity contribution in [3.63, 3.8) is 0 Å². The first-order chi connectivity index (χ1) is 6.25. The number of hydrogen-bond acceptors (Lipinski definition) is 2. The molecule has 0 fully saturated rings. The van der Waals surface area contributed by atoms with E-state index in [1.807, 2.05) is 30.3 Å². The normalized spacial score (nSPS) is 11.1. The summed E-state index contributed by atoms with van der Waals surface area (Å²) < 4.78 is 0. The van der Waals surface area contributed by atoms with Crippen LogP contribution in [0.2, 0.25) is 0 Å². The minimum atomic E-state index is 0.0700. The van der Waals surface area contributed by atoms with Gasteiger partial charge in [-0.05, 0) is 12.5 Å². The van der Waals surface area contributed by atoms with E-state index in [-0.39, 0.29) is 5.78 Å². The maximum atomic E-state index is 11.2. The van der Waals surface area contributed by atoms with Crippen molar-refractivity contribution in [2.45, 2.75) is 6.92 Å². The molecular weight excluding hydrogens is 162 g/mol. The summed E-state index contributed by atoms with van der Waals surface area (Å²) in [5, 5.41) is 2.86. The molecule has 0 atom stereocenters. The molecule has 0 aliphatic heterocycles. The molecule has 0 radical (unpaired) electrons. The predicted octanol–water partition coefficient (Wildman–Crippen LogP) is 1.84. The Bertz CT molecular complexity index is 314. The smallest absolute Gasteiger partial charge is 0.161 e. The van der Waals surface area contributed by atoms with E-state index < -0.39 is 0 Å². The molecule has 0 bridgehead atoms. The van der Waals surface area contributed by atoms with Crippen molar-refractivity contribution < 1.29 is 4.79 Å². The van der Waals surface area contributed by atoms with Gasteiger partial charge in [0, 0.05) is 18.8 Å². The zero-order valence-electron chi connectivity index (χ0n) is 7.87. The lowest BCUT2D eigenvalue weighted by atomic mass is 10.0. The number of allylic oxidation sites excluding steroid dienone is 1. The first-order valence-electron chi connectivity index (χ1n) is 4.19. The molecule has 1 N–H and O–H groups in total. The number of nitrogens with one attached hydrogen (secondary N) is 1. The molecule has 0 heterocycles. The number of benzene rings is 1. The minimum Gasteiger partial charge on any atom is -0.393 e. The van der Waals surface area contributed by atoms with Gasteiger partial charge in [-0.15, -0.1) is 0 Å². The summed E-state index contributed by atoms with van der Waals surface area (Å²) in [5.41, 5.74) is 1.66. The van der Waals surface area contributed by atoms with Gasteiger partial charge in [-0.25, -0.2) is 0 Å². The monoisotopic (exact) mass is 175 g/mol. The molecule has 0 unspecified atom stereocenters. The Morgan fingerprint density at radius 1 is 1.31 bits per heavy atom. The van der Waals surface area contributed by atoms with E-state index in [0.29, 0.717) is 5.57 Å². The van der Waals surface area contributed by atoms with E-state index in [4.69, 9.17) is 0 Å². The van der Waals surface area contributed by atoms with E-state index in [1.54, 1.807) is 20.2 Å². The Labute approximate surface area is 78.3 Å². The van der Waals surface area contributed by atoms with E-state index >= 15 is 0 Å². The van der Waals surface area contributed by atoms with Crippen LogP contribution in [0.25, 0.3) is 5.57 Å². The lowest BCUT2D eigenvalue weighted by Gasteiger charge is -2.02. The van der Waals surface area contributed by atoms with E-state index in [1.165, 1.54) is 0 Å². The van der Waals surface area contributed by atoms with Crippen LogP contribution in [0.3, 0.4) is 0 Å². The summed E-state index contributed by atoms with van der Waals surface area (Å²) in [5.74, 6) is 0.0700. The van der Waals surface area contributed by atoms with Crippen molar-refractivity contribution in [1.82, 2.24) is 5.32 Å². The van der Waals surface area contributed by atoms with Gasteiger partial charge in [0.15, 0.2) is 5.78 Å². The Hall–Kier alpha value is -1.57. The molecular formula is C11H13NO. The number of ketones is 1. The summed E-state index contributed by atoms with van der Waals surface area (Å²) in [6, 6.07) is 9.61. The Balaban J connectivity index is 3.03. The fourth-order valence-corrected chi connectivity index (χ4v) is 1.15. The molecule has 0 amide bonds. The molecule has 1 aromatic rings. The zero-order chi connectivity index (χ0) is 9.68. The summed E-state index contributed by atoms with van der Waals surface area (Å²) in [7, 11) is 1.78. The minimum absolute atomic E-state index is 0.0700. The molecule has 0 saturated heterocycles. The van der Waals surface area contributed by atoms with E-state index in [0.717, 1.165) is 5.56 Å². The van der Waals surface area contributed by atoms with Gasteiger partial charge in [-0.2, -0.15) is 0 Å². The van der Waals surface area contributed by atoms with Crippen LogP contribution in [0.15, 0.2) is 36.5 Å². The highest BCUT2D eigenvalue weighted by Crippen LogP contribution is 2.13. The Kier molecular flexibility index (Phi) is 3.26. The number of carbonyl (C=O) groups is 1. The van der Waals surface area contributed by atoms with Crippen molar-refractivity contribution in [1.29, 1.82) is 0 Å². The molecule has 68 valence electrons. The fourth-order valence-electron chi connectivity index (χ4n) is 1.15. The summed E-state index contributed by atoms with van der Waals surface area (Å²) >= 11 is 0. The lowest BCUT2D eigenvalue weighted by molar-refractivity contribution is -0.111. The third kappa shape index (κ3) is 2.44. The van der Waals surface area contributed by atoms with Crippen LogP contribution in [0.1, 0.15) is 12.5 Å². The molecule has 0 aliphatic rings. The van der Waals surface area contributed by atoms with Crippen molar-refractivity contribution in [2.75, 3.05) is 7.05 Å². The van der Waals surface area contributed by atoms with Crippen LogP contribution in [-0.2, 0) is 4.79 Å². The van der Waals surface area contributed by atoms with Gasteiger partial charge in [-0.3, -0.25) is 4.79 Å². The topological polar surface area (TPSA) is 29.1 Å². The van der Waals surface area contributed by atoms with Crippen LogP contribution in [0, 0.1) is 0 Å². The molecule has 13 heavy (non-hydrogen) atoms. The second-order valence-electron chi connectivity index (χ2n) is 2.77. The first-order valence-corrected chi connectivity index (χ1v) is 4.19. The number of rotatable bonds is 3. The molecule has 1 rings (SSSR count). The maximum Gasteiger partial charge on any atom is 0.161 e. The average Bonchev–Trinajstić information content (AvgIpc) is 2.15. The fraction of sp³-hybridized carbons (Fsp3) is 0.182. The average molecular weight is 175 g/mol. The summed E-state index contributed by atoms with van der Waals surface area (Å²) in [6.45, 7) is 1.57. The molecule has 0 spiro atoms. The Morgan fingerprint density at radius 2 is 1.92 bits per heavy atom. The summed E-state index contributed by atoms with van der Waals surface area (Å²) in [4.78, 5) is 11.2. The SMILES string of the molecule is CN/C=C(/C(C)=O)c1ccccc1. The molecule has 0 aromatic heterocycles. The van der Waals surface area contributed by atoms with Gasteiger partial charge >= 0.3 is 0 Å². The van der Waals surface area contributed by atoms with Gasteiger partial charge in [-0.1, -0.05) is 30.3 Å². The van der Waals surface area contributed by atoms with Crippen LogP contribution in [0.5, 0.6) is 0 Å². The largest absolute Gasteiger partial charge is 0.393 e. The van der Waals surface area contributed by atoms with E-state index in [9.17, 15) is 4.79 Å². The molecule has 0 aliphatic carbocycles. The number of Topliss-reactive ketones (excluding diaryl/α,β-unsaturated/α-hetero) is 1. The van der Waals surface area contributed by atoms with Gasteiger partial charge in [0.05, 0.1) is 0 Å². The van der Waals surface area contributed by atoms with Gasteiger partial charge in [0.2, 0.25) is 0 Å². The van der Waals surface area contributed by atoms with Crippen LogP contribution >= 0.6 is 0 Å². The zero-order valence-corrected chi connectivity index (χ0v) is 7.87. The van der Waals surface area contributed by atoms with Crippen molar-refractivity contribution in [3.8, 4) is 0 Å². The van der Waals surface area contributed by atoms with Crippen LogP contribution in [0.4, 0.5) is 0 Å². The highest BCUT2D eigenvalue weighted by atomic mass is 16.1. The predicted molar refractivity (Wildman–Crippen MR) is 54.2 cm³/mol. The number of carbonyl (C=O) groups excluding carboxylic acids is 1. The highest BCUT2D eigenvalue weighted by molar-refractivity contribution is 6.19.